The summed E-state index contributed by atoms with van der Waals surface area (Å²) in [6, 6.07) is 4.90. The number of rotatable bonds is 3. The Kier molecular flexibility index (Phi) is 4.34. The molecule has 3 N–H and O–H groups in total. The van der Waals surface area contributed by atoms with Gasteiger partial charge in [-0.25, -0.2) is 0 Å². The Morgan fingerprint density at radius 1 is 1.35 bits per heavy atom. The second-order valence-electron chi connectivity index (χ2n) is 5.31. The van der Waals surface area contributed by atoms with Gasteiger partial charge in [0.25, 0.3) is 5.69 Å². The van der Waals surface area contributed by atoms with Crippen LogP contribution < -0.4 is 11.1 Å². The van der Waals surface area contributed by atoms with E-state index in [1.54, 1.807) is 19.1 Å². The summed E-state index contributed by atoms with van der Waals surface area (Å²) in [5, 5.41) is 13.7. The fraction of sp³-hybridized carbons (Fsp3) is 0.500. The molecule has 6 nitrogen and oxygen atoms in total. The van der Waals surface area contributed by atoms with E-state index in [1.807, 2.05) is 0 Å². The molecule has 0 atom stereocenters. The zero-order valence-electron chi connectivity index (χ0n) is 11.5. The third-order valence-corrected chi connectivity index (χ3v) is 3.90. The zero-order valence-corrected chi connectivity index (χ0v) is 11.5. The van der Waals surface area contributed by atoms with Crippen LogP contribution in [-0.2, 0) is 4.79 Å². The molecule has 6 heteroatoms. The van der Waals surface area contributed by atoms with Crippen molar-refractivity contribution in [3.8, 4) is 0 Å². The summed E-state index contributed by atoms with van der Waals surface area (Å²) < 4.78 is 0. The molecule has 0 radical (unpaired) electrons. The summed E-state index contributed by atoms with van der Waals surface area (Å²) in [5.41, 5.74) is 6.84. The molecule has 1 aromatic rings. The lowest BCUT2D eigenvalue weighted by molar-refractivity contribution is -0.385. The van der Waals surface area contributed by atoms with Crippen molar-refractivity contribution in [2.45, 2.75) is 38.6 Å². The second kappa shape index (κ2) is 6.00. The third-order valence-electron chi connectivity index (χ3n) is 3.90. The van der Waals surface area contributed by atoms with E-state index in [9.17, 15) is 14.9 Å². The molecular weight excluding hydrogens is 258 g/mol. The molecule has 108 valence electrons. The molecule has 0 heterocycles. The number of anilines is 1. The van der Waals surface area contributed by atoms with Gasteiger partial charge in [-0.2, -0.15) is 0 Å². The minimum absolute atomic E-state index is 0.0217. The minimum atomic E-state index is -0.440. The van der Waals surface area contributed by atoms with E-state index in [2.05, 4.69) is 5.32 Å². The number of amides is 1. The van der Waals surface area contributed by atoms with Crippen molar-refractivity contribution in [2.75, 3.05) is 5.32 Å². The van der Waals surface area contributed by atoms with Gasteiger partial charge in [-0.1, -0.05) is 6.07 Å². The Hall–Kier alpha value is -1.95. The van der Waals surface area contributed by atoms with Crippen LogP contribution in [0, 0.1) is 23.0 Å². The van der Waals surface area contributed by atoms with Crippen molar-refractivity contribution in [1.29, 1.82) is 0 Å². The maximum atomic E-state index is 12.2. The number of carbonyl (C=O) groups is 1. The number of nitro benzene ring substituents is 1. The van der Waals surface area contributed by atoms with Gasteiger partial charge in [0, 0.05) is 18.0 Å². The van der Waals surface area contributed by atoms with Crippen LogP contribution in [0.5, 0.6) is 0 Å². The average molecular weight is 277 g/mol. The van der Waals surface area contributed by atoms with Crippen molar-refractivity contribution < 1.29 is 9.72 Å². The molecule has 2 rings (SSSR count). The van der Waals surface area contributed by atoms with Crippen LogP contribution in [-0.4, -0.2) is 16.9 Å². The van der Waals surface area contributed by atoms with E-state index in [-0.39, 0.29) is 23.6 Å². The fourth-order valence-electron chi connectivity index (χ4n) is 2.57. The van der Waals surface area contributed by atoms with Crippen LogP contribution in [0.3, 0.4) is 0 Å². The van der Waals surface area contributed by atoms with Gasteiger partial charge in [0.15, 0.2) is 0 Å². The maximum absolute atomic E-state index is 12.2. The Morgan fingerprint density at radius 3 is 2.60 bits per heavy atom. The number of hydrogen-bond donors (Lipinski definition) is 2. The summed E-state index contributed by atoms with van der Waals surface area (Å²) in [7, 11) is 0. The van der Waals surface area contributed by atoms with Crippen molar-refractivity contribution in [1.82, 2.24) is 0 Å². The predicted octanol–water partition coefficient (Wildman–Crippen LogP) is 2.36. The van der Waals surface area contributed by atoms with E-state index in [4.69, 9.17) is 5.73 Å². The van der Waals surface area contributed by atoms with Crippen molar-refractivity contribution in [2.24, 2.45) is 11.7 Å². The first-order valence-corrected chi connectivity index (χ1v) is 6.79. The highest BCUT2D eigenvalue weighted by molar-refractivity contribution is 5.93. The summed E-state index contributed by atoms with van der Waals surface area (Å²) in [6.45, 7) is 1.64. The molecule has 0 bridgehead atoms. The molecule has 0 spiro atoms. The van der Waals surface area contributed by atoms with Gasteiger partial charge in [-0.15, -0.1) is 0 Å². The standard InChI is InChI=1S/C14H19N3O3/c1-9-12(3-2-4-13(9)17(19)20)16-14(18)10-5-7-11(15)8-6-10/h2-4,10-11H,5-8,15H2,1H3,(H,16,18). The number of hydrogen-bond acceptors (Lipinski definition) is 4. The lowest BCUT2D eigenvalue weighted by Gasteiger charge is -2.25. The van der Waals surface area contributed by atoms with Gasteiger partial charge in [-0.3, -0.25) is 14.9 Å². The van der Waals surface area contributed by atoms with Crippen LogP contribution in [0.25, 0.3) is 0 Å². The van der Waals surface area contributed by atoms with Crippen LogP contribution in [0.4, 0.5) is 11.4 Å². The topological polar surface area (TPSA) is 98.3 Å². The number of carbonyl (C=O) groups excluding carboxylic acids is 1. The summed E-state index contributed by atoms with van der Waals surface area (Å²) >= 11 is 0. The number of benzene rings is 1. The van der Waals surface area contributed by atoms with Gasteiger partial charge in [0.1, 0.15) is 0 Å². The monoisotopic (exact) mass is 277 g/mol. The fourth-order valence-corrected chi connectivity index (χ4v) is 2.57. The zero-order chi connectivity index (χ0) is 14.7. The highest BCUT2D eigenvalue weighted by Gasteiger charge is 2.25. The average Bonchev–Trinajstić information content (AvgIpc) is 2.41. The molecule has 1 fully saturated rings. The van der Waals surface area contributed by atoms with Gasteiger partial charge >= 0.3 is 0 Å². The Balaban J connectivity index is 2.08. The SMILES string of the molecule is Cc1c(NC(=O)C2CCC(N)CC2)cccc1[N+](=O)[O-]. The molecule has 1 aliphatic carbocycles. The number of nitro groups is 1. The van der Waals surface area contributed by atoms with E-state index in [1.165, 1.54) is 6.07 Å². The van der Waals surface area contributed by atoms with E-state index in [0.717, 1.165) is 25.7 Å². The normalized spacial score (nSPS) is 22.3. The quantitative estimate of drug-likeness (QED) is 0.654. The summed E-state index contributed by atoms with van der Waals surface area (Å²) in [6.07, 6.45) is 3.26. The molecule has 1 aliphatic rings. The molecule has 0 saturated heterocycles. The van der Waals surface area contributed by atoms with Gasteiger partial charge in [-0.05, 0) is 38.7 Å². The van der Waals surface area contributed by atoms with E-state index < -0.39 is 4.92 Å². The predicted molar refractivity (Wildman–Crippen MR) is 76.4 cm³/mol. The smallest absolute Gasteiger partial charge is 0.274 e. The molecule has 20 heavy (non-hydrogen) atoms. The highest BCUT2D eigenvalue weighted by Crippen LogP contribution is 2.28. The molecule has 1 amide bonds. The second-order valence-corrected chi connectivity index (χ2v) is 5.31. The third kappa shape index (κ3) is 3.14. The number of nitrogens with zero attached hydrogens (tertiary/aromatic N) is 1. The van der Waals surface area contributed by atoms with Crippen LogP contribution in [0.2, 0.25) is 0 Å². The van der Waals surface area contributed by atoms with Gasteiger partial charge in [0.2, 0.25) is 5.91 Å². The Bertz CT molecular complexity index is 522. The first kappa shape index (κ1) is 14.5. The Labute approximate surface area is 117 Å². The number of nitrogens with two attached hydrogens (primary N) is 1. The first-order valence-electron chi connectivity index (χ1n) is 6.79. The molecule has 0 aliphatic heterocycles. The molecule has 1 aromatic carbocycles. The largest absolute Gasteiger partial charge is 0.328 e. The number of nitrogens with one attached hydrogen (secondary N) is 1. The lowest BCUT2D eigenvalue weighted by atomic mass is 9.86. The summed E-state index contributed by atoms with van der Waals surface area (Å²) in [4.78, 5) is 22.6. The first-order chi connectivity index (χ1) is 9.49. The summed E-state index contributed by atoms with van der Waals surface area (Å²) in [5.74, 6) is -0.117. The van der Waals surface area contributed by atoms with Crippen molar-refractivity contribution >= 4 is 17.3 Å². The van der Waals surface area contributed by atoms with Crippen molar-refractivity contribution in [3.05, 3.63) is 33.9 Å². The van der Waals surface area contributed by atoms with E-state index >= 15 is 0 Å². The molecule has 1 saturated carbocycles. The van der Waals surface area contributed by atoms with Gasteiger partial charge < -0.3 is 11.1 Å². The minimum Gasteiger partial charge on any atom is -0.328 e. The van der Waals surface area contributed by atoms with Crippen LogP contribution >= 0.6 is 0 Å². The van der Waals surface area contributed by atoms with Crippen LogP contribution in [0.1, 0.15) is 31.2 Å². The van der Waals surface area contributed by atoms with Crippen LogP contribution in [0.15, 0.2) is 18.2 Å². The van der Waals surface area contributed by atoms with E-state index in [0.29, 0.717) is 11.3 Å². The molecule has 0 unspecified atom stereocenters. The highest BCUT2D eigenvalue weighted by atomic mass is 16.6. The molecule has 0 aromatic heterocycles. The lowest BCUT2D eigenvalue weighted by Crippen LogP contribution is -2.32. The van der Waals surface area contributed by atoms with Crippen molar-refractivity contribution in [3.63, 3.8) is 0 Å². The van der Waals surface area contributed by atoms with Gasteiger partial charge in [0.05, 0.1) is 16.2 Å². The molecular formula is C14H19N3O3. The maximum Gasteiger partial charge on any atom is 0.274 e. The Morgan fingerprint density at radius 2 is 2.00 bits per heavy atom.